The lowest BCUT2D eigenvalue weighted by atomic mass is 10.2. The molecule has 2 nitrogen and oxygen atoms in total. The SMILES string of the molecule is Fc1ccc2nc(-c3cccc(F)c3Cl)[nH]c2c1. The van der Waals surface area contributed by atoms with E-state index in [-0.39, 0.29) is 10.8 Å². The van der Waals surface area contributed by atoms with E-state index < -0.39 is 5.82 Å². The van der Waals surface area contributed by atoms with Gasteiger partial charge in [-0.1, -0.05) is 17.7 Å². The molecule has 1 heterocycles. The monoisotopic (exact) mass is 264 g/mol. The Morgan fingerprint density at radius 1 is 1.11 bits per heavy atom. The van der Waals surface area contributed by atoms with Crippen LogP contribution in [-0.2, 0) is 0 Å². The van der Waals surface area contributed by atoms with Crippen molar-refractivity contribution in [3.63, 3.8) is 0 Å². The Morgan fingerprint density at radius 2 is 1.94 bits per heavy atom. The zero-order chi connectivity index (χ0) is 12.7. The quantitative estimate of drug-likeness (QED) is 0.702. The van der Waals surface area contributed by atoms with Crippen molar-refractivity contribution in [3.05, 3.63) is 53.1 Å². The molecule has 3 aromatic rings. The first-order chi connectivity index (χ1) is 8.65. The Labute approximate surface area is 106 Å². The standard InChI is InChI=1S/C13H7ClF2N2/c14-12-8(2-1-3-9(12)16)13-17-10-5-4-7(15)6-11(10)18-13/h1-6H,(H,17,18). The summed E-state index contributed by atoms with van der Waals surface area (Å²) in [6.45, 7) is 0. The smallest absolute Gasteiger partial charge is 0.142 e. The number of benzene rings is 2. The van der Waals surface area contributed by atoms with Crippen LogP contribution in [0.4, 0.5) is 8.78 Å². The first-order valence-electron chi connectivity index (χ1n) is 5.25. The Hall–Kier alpha value is -1.94. The molecule has 0 unspecified atom stereocenters. The predicted molar refractivity (Wildman–Crippen MR) is 66.5 cm³/mol. The largest absolute Gasteiger partial charge is 0.338 e. The van der Waals surface area contributed by atoms with Crippen molar-refractivity contribution in [3.8, 4) is 11.4 Å². The van der Waals surface area contributed by atoms with Gasteiger partial charge in [0, 0.05) is 5.56 Å². The molecular formula is C13H7ClF2N2. The number of nitrogens with zero attached hydrogens (tertiary/aromatic N) is 1. The summed E-state index contributed by atoms with van der Waals surface area (Å²) in [5.74, 6) is -0.455. The van der Waals surface area contributed by atoms with Gasteiger partial charge < -0.3 is 4.98 Å². The Bertz CT molecular complexity index is 737. The summed E-state index contributed by atoms with van der Waals surface area (Å²) in [5.41, 5.74) is 1.60. The van der Waals surface area contributed by atoms with Gasteiger partial charge in [-0.25, -0.2) is 13.8 Å². The molecule has 0 bridgehead atoms. The molecule has 0 radical (unpaired) electrons. The van der Waals surface area contributed by atoms with Crippen molar-refractivity contribution >= 4 is 22.6 Å². The number of aromatic amines is 1. The fourth-order valence-electron chi connectivity index (χ4n) is 1.80. The van der Waals surface area contributed by atoms with E-state index in [2.05, 4.69) is 9.97 Å². The summed E-state index contributed by atoms with van der Waals surface area (Å²) >= 11 is 5.88. The molecule has 0 aliphatic carbocycles. The summed E-state index contributed by atoms with van der Waals surface area (Å²) < 4.78 is 26.4. The zero-order valence-electron chi connectivity index (χ0n) is 9.05. The van der Waals surface area contributed by atoms with Gasteiger partial charge >= 0.3 is 0 Å². The molecule has 0 atom stereocenters. The van der Waals surface area contributed by atoms with Gasteiger partial charge in [0.1, 0.15) is 17.5 Å². The van der Waals surface area contributed by atoms with Gasteiger partial charge in [0.2, 0.25) is 0 Å². The Kier molecular flexibility index (Phi) is 2.52. The number of aromatic nitrogens is 2. The Balaban J connectivity index is 2.22. The number of imidazole rings is 1. The lowest BCUT2D eigenvalue weighted by Crippen LogP contribution is -1.85. The van der Waals surface area contributed by atoms with Crippen molar-refractivity contribution in [2.45, 2.75) is 0 Å². The van der Waals surface area contributed by atoms with Gasteiger partial charge in [-0.05, 0) is 30.3 Å². The molecule has 90 valence electrons. The third-order valence-electron chi connectivity index (χ3n) is 2.65. The molecule has 0 spiro atoms. The highest BCUT2D eigenvalue weighted by molar-refractivity contribution is 6.33. The number of rotatable bonds is 1. The molecule has 1 aromatic heterocycles. The third kappa shape index (κ3) is 1.75. The molecule has 5 heteroatoms. The molecular weight excluding hydrogens is 258 g/mol. The highest BCUT2D eigenvalue weighted by Gasteiger charge is 2.12. The van der Waals surface area contributed by atoms with Crippen LogP contribution in [-0.4, -0.2) is 9.97 Å². The zero-order valence-corrected chi connectivity index (χ0v) is 9.80. The molecule has 0 aliphatic heterocycles. The van der Waals surface area contributed by atoms with E-state index in [1.165, 1.54) is 18.2 Å². The van der Waals surface area contributed by atoms with Gasteiger partial charge in [-0.3, -0.25) is 0 Å². The topological polar surface area (TPSA) is 28.7 Å². The van der Waals surface area contributed by atoms with Crippen LogP contribution in [0.1, 0.15) is 0 Å². The van der Waals surface area contributed by atoms with Crippen molar-refractivity contribution in [2.24, 2.45) is 0 Å². The van der Waals surface area contributed by atoms with Crippen molar-refractivity contribution in [1.82, 2.24) is 9.97 Å². The number of halogens is 3. The van der Waals surface area contributed by atoms with Crippen LogP contribution in [0, 0.1) is 11.6 Å². The van der Waals surface area contributed by atoms with E-state index in [1.54, 1.807) is 18.2 Å². The molecule has 18 heavy (non-hydrogen) atoms. The molecule has 0 saturated carbocycles. The van der Waals surface area contributed by atoms with Crippen molar-refractivity contribution in [1.29, 1.82) is 0 Å². The summed E-state index contributed by atoms with van der Waals surface area (Å²) in [7, 11) is 0. The lowest BCUT2D eigenvalue weighted by molar-refractivity contribution is 0.628. The highest BCUT2D eigenvalue weighted by Crippen LogP contribution is 2.29. The summed E-state index contributed by atoms with van der Waals surface area (Å²) in [6, 6.07) is 8.68. The number of fused-ring (bicyclic) bond motifs is 1. The average Bonchev–Trinajstić information content (AvgIpc) is 2.75. The van der Waals surface area contributed by atoms with Gasteiger partial charge in [0.05, 0.1) is 16.1 Å². The van der Waals surface area contributed by atoms with Crippen LogP contribution in [0.15, 0.2) is 36.4 Å². The van der Waals surface area contributed by atoms with Crippen LogP contribution in [0.5, 0.6) is 0 Å². The van der Waals surface area contributed by atoms with Gasteiger partial charge in [0.15, 0.2) is 0 Å². The van der Waals surface area contributed by atoms with E-state index >= 15 is 0 Å². The second-order valence-corrected chi connectivity index (χ2v) is 4.23. The first kappa shape index (κ1) is 11.2. The van der Waals surface area contributed by atoms with E-state index in [0.717, 1.165) is 0 Å². The Morgan fingerprint density at radius 3 is 2.78 bits per heavy atom. The van der Waals surface area contributed by atoms with E-state index in [0.29, 0.717) is 22.4 Å². The first-order valence-corrected chi connectivity index (χ1v) is 5.62. The minimum absolute atomic E-state index is 0.00275. The molecule has 0 aliphatic rings. The van der Waals surface area contributed by atoms with Gasteiger partial charge in [-0.2, -0.15) is 0 Å². The number of nitrogens with one attached hydrogen (secondary N) is 1. The lowest BCUT2D eigenvalue weighted by Gasteiger charge is -2.00. The van der Waals surface area contributed by atoms with Crippen LogP contribution in [0.2, 0.25) is 5.02 Å². The molecule has 2 aromatic carbocycles. The molecule has 0 fully saturated rings. The minimum Gasteiger partial charge on any atom is -0.338 e. The van der Waals surface area contributed by atoms with Crippen LogP contribution < -0.4 is 0 Å². The van der Waals surface area contributed by atoms with Gasteiger partial charge in [-0.15, -0.1) is 0 Å². The maximum absolute atomic E-state index is 13.4. The third-order valence-corrected chi connectivity index (χ3v) is 3.03. The molecule has 3 rings (SSSR count). The summed E-state index contributed by atoms with van der Waals surface area (Å²) in [6.07, 6.45) is 0. The van der Waals surface area contributed by atoms with Crippen LogP contribution in [0.25, 0.3) is 22.4 Å². The van der Waals surface area contributed by atoms with E-state index in [1.807, 2.05) is 0 Å². The molecule has 1 N–H and O–H groups in total. The maximum Gasteiger partial charge on any atom is 0.142 e. The second-order valence-electron chi connectivity index (χ2n) is 3.85. The summed E-state index contributed by atoms with van der Waals surface area (Å²) in [5, 5.41) is -0.00275. The normalized spacial score (nSPS) is 11.1. The second kappa shape index (κ2) is 4.07. The van der Waals surface area contributed by atoms with Crippen LogP contribution in [0.3, 0.4) is 0 Å². The minimum atomic E-state index is -0.513. The maximum atomic E-state index is 13.4. The fourth-order valence-corrected chi connectivity index (χ4v) is 2.01. The molecule has 0 amide bonds. The van der Waals surface area contributed by atoms with E-state index in [9.17, 15) is 8.78 Å². The number of hydrogen-bond acceptors (Lipinski definition) is 1. The summed E-state index contributed by atoms with van der Waals surface area (Å²) in [4.78, 5) is 7.17. The van der Waals surface area contributed by atoms with Crippen molar-refractivity contribution in [2.75, 3.05) is 0 Å². The fraction of sp³-hybridized carbons (Fsp3) is 0. The van der Waals surface area contributed by atoms with Crippen LogP contribution >= 0.6 is 11.6 Å². The molecule has 0 saturated heterocycles. The average molecular weight is 265 g/mol. The van der Waals surface area contributed by atoms with Gasteiger partial charge in [0.25, 0.3) is 0 Å². The number of hydrogen-bond donors (Lipinski definition) is 1. The van der Waals surface area contributed by atoms with E-state index in [4.69, 9.17) is 11.6 Å². The van der Waals surface area contributed by atoms with Crippen molar-refractivity contribution < 1.29 is 8.78 Å². The number of H-pyrrole nitrogens is 1. The highest BCUT2D eigenvalue weighted by atomic mass is 35.5. The predicted octanol–water partition coefficient (Wildman–Crippen LogP) is 4.16.